The van der Waals surface area contributed by atoms with Gasteiger partial charge in [-0.05, 0) is 43.6 Å². The summed E-state index contributed by atoms with van der Waals surface area (Å²) in [7, 11) is 0. The summed E-state index contributed by atoms with van der Waals surface area (Å²) in [5, 5.41) is 0. The number of halogens is 1. The number of alkyl halides is 1. The maximum atomic E-state index is 11.6. The van der Waals surface area contributed by atoms with Crippen LogP contribution < -0.4 is 0 Å². The number of amides is 1. The Labute approximate surface area is 129 Å². The fourth-order valence-electron chi connectivity index (χ4n) is 2.80. The van der Waals surface area contributed by atoms with E-state index in [0.29, 0.717) is 10.3 Å². The minimum Gasteiger partial charge on any atom is -0.342 e. The van der Waals surface area contributed by atoms with E-state index in [2.05, 4.69) is 52.9 Å². The van der Waals surface area contributed by atoms with E-state index in [1.807, 2.05) is 4.90 Å². The van der Waals surface area contributed by atoms with Crippen LogP contribution in [0.4, 0.5) is 0 Å². The third-order valence-electron chi connectivity index (χ3n) is 4.00. The zero-order valence-corrected chi connectivity index (χ0v) is 13.5. The number of likely N-dealkylation sites (tertiary alicyclic amines) is 1. The zero-order chi connectivity index (χ0) is 13.5. The van der Waals surface area contributed by atoms with Crippen molar-refractivity contribution < 1.29 is 4.79 Å². The Morgan fingerprint density at radius 2 is 1.89 bits per heavy atom. The van der Waals surface area contributed by atoms with Crippen molar-refractivity contribution in [1.29, 1.82) is 0 Å². The SMILES string of the molecule is O=C(CI)N1CCC(CCCc2ccccc2)CC1. The summed E-state index contributed by atoms with van der Waals surface area (Å²) in [6, 6.07) is 10.7. The van der Waals surface area contributed by atoms with Crippen LogP contribution in [0.2, 0.25) is 0 Å². The van der Waals surface area contributed by atoms with Crippen LogP contribution in [-0.4, -0.2) is 28.3 Å². The topological polar surface area (TPSA) is 20.3 Å². The van der Waals surface area contributed by atoms with Crippen molar-refractivity contribution in [2.45, 2.75) is 32.1 Å². The third kappa shape index (κ3) is 4.79. The number of piperidine rings is 1. The van der Waals surface area contributed by atoms with Gasteiger partial charge in [0.15, 0.2) is 0 Å². The predicted molar refractivity (Wildman–Crippen MR) is 87.6 cm³/mol. The maximum Gasteiger partial charge on any atom is 0.232 e. The summed E-state index contributed by atoms with van der Waals surface area (Å²) in [5.41, 5.74) is 1.44. The molecular weight excluding hydrogens is 349 g/mol. The molecule has 1 fully saturated rings. The molecule has 0 aliphatic carbocycles. The van der Waals surface area contributed by atoms with Crippen LogP contribution in [-0.2, 0) is 11.2 Å². The Hall–Kier alpha value is -0.580. The van der Waals surface area contributed by atoms with Crippen molar-refractivity contribution in [2.24, 2.45) is 5.92 Å². The van der Waals surface area contributed by atoms with Crippen molar-refractivity contribution >= 4 is 28.5 Å². The highest BCUT2D eigenvalue weighted by molar-refractivity contribution is 14.1. The molecule has 19 heavy (non-hydrogen) atoms. The number of benzene rings is 1. The Balaban J connectivity index is 1.65. The van der Waals surface area contributed by atoms with Crippen LogP contribution in [0.1, 0.15) is 31.2 Å². The average molecular weight is 371 g/mol. The van der Waals surface area contributed by atoms with Gasteiger partial charge in [-0.1, -0.05) is 52.9 Å². The first-order valence-electron chi connectivity index (χ1n) is 7.17. The van der Waals surface area contributed by atoms with Gasteiger partial charge in [-0.2, -0.15) is 0 Å². The minimum absolute atomic E-state index is 0.309. The summed E-state index contributed by atoms with van der Waals surface area (Å²) in [6.07, 6.45) is 6.15. The molecule has 2 nitrogen and oxygen atoms in total. The normalized spacial score (nSPS) is 16.6. The molecule has 1 aliphatic rings. The van der Waals surface area contributed by atoms with E-state index >= 15 is 0 Å². The number of hydrogen-bond donors (Lipinski definition) is 0. The van der Waals surface area contributed by atoms with Crippen molar-refractivity contribution in [3.05, 3.63) is 35.9 Å². The second kappa shape index (κ2) is 7.88. The van der Waals surface area contributed by atoms with E-state index in [-0.39, 0.29) is 0 Å². The lowest BCUT2D eigenvalue weighted by Crippen LogP contribution is -2.39. The molecule has 1 amide bonds. The molecule has 1 aromatic rings. The van der Waals surface area contributed by atoms with Crippen molar-refractivity contribution in [3.8, 4) is 0 Å². The maximum absolute atomic E-state index is 11.6. The fraction of sp³-hybridized carbons (Fsp3) is 0.562. The predicted octanol–water partition coefficient (Wildman–Crippen LogP) is 3.68. The lowest BCUT2D eigenvalue weighted by Gasteiger charge is -2.31. The van der Waals surface area contributed by atoms with Gasteiger partial charge in [0, 0.05) is 13.1 Å². The molecule has 0 bridgehead atoms. The molecule has 1 aromatic carbocycles. The molecule has 0 aromatic heterocycles. The Kier molecular flexibility index (Phi) is 6.14. The summed E-state index contributed by atoms with van der Waals surface area (Å²) in [5.74, 6) is 1.13. The molecule has 2 rings (SSSR count). The smallest absolute Gasteiger partial charge is 0.232 e. The van der Waals surface area contributed by atoms with Crippen molar-refractivity contribution in [3.63, 3.8) is 0 Å². The number of nitrogens with zero attached hydrogens (tertiary/aromatic N) is 1. The van der Waals surface area contributed by atoms with Crippen LogP contribution in [0.3, 0.4) is 0 Å². The number of rotatable bonds is 5. The summed E-state index contributed by atoms with van der Waals surface area (Å²) >= 11 is 2.16. The highest BCUT2D eigenvalue weighted by Gasteiger charge is 2.21. The zero-order valence-electron chi connectivity index (χ0n) is 11.4. The van der Waals surface area contributed by atoms with Gasteiger partial charge >= 0.3 is 0 Å². The fourth-order valence-corrected chi connectivity index (χ4v) is 3.28. The average Bonchev–Trinajstić information content (AvgIpc) is 2.48. The van der Waals surface area contributed by atoms with Gasteiger partial charge in [-0.25, -0.2) is 0 Å². The molecule has 0 N–H and O–H groups in total. The lowest BCUT2D eigenvalue weighted by atomic mass is 9.91. The van der Waals surface area contributed by atoms with E-state index in [1.165, 1.54) is 37.7 Å². The van der Waals surface area contributed by atoms with Gasteiger partial charge < -0.3 is 4.90 Å². The first kappa shape index (κ1) is 14.8. The number of carbonyl (C=O) groups excluding carboxylic acids is 1. The highest BCUT2D eigenvalue weighted by Crippen LogP contribution is 2.23. The first-order chi connectivity index (χ1) is 9.29. The van der Waals surface area contributed by atoms with Gasteiger partial charge in [0.2, 0.25) is 5.91 Å². The molecule has 0 radical (unpaired) electrons. The number of aryl methyl sites for hydroxylation is 1. The molecule has 0 unspecified atom stereocenters. The van der Waals surface area contributed by atoms with Crippen LogP contribution in [0, 0.1) is 5.92 Å². The van der Waals surface area contributed by atoms with Gasteiger partial charge in [0.1, 0.15) is 0 Å². The Morgan fingerprint density at radius 1 is 1.21 bits per heavy atom. The van der Waals surface area contributed by atoms with Crippen LogP contribution >= 0.6 is 22.6 Å². The summed E-state index contributed by atoms with van der Waals surface area (Å²) < 4.78 is 0.621. The molecule has 1 aliphatic heterocycles. The highest BCUT2D eigenvalue weighted by atomic mass is 127. The van der Waals surface area contributed by atoms with E-state index in [0.717, 1.165) is 19.0 Å². The first-order valence-corrected chi connectivity index (χ1v) is 8.70. The second-order valence-electron chi connectivity index (χ2n) is 5.34. The number of hydrogen-bond acceptors (Lipinski definition) is 1. The van der Waals surface area contributed by atoms with Gasteiger partial charge in [0.25, 0.3) is 0 Å². The van der Waals surface area contributed by atoms with E-state index in [1.54, 1.807) is 0 Å². The summed E-state index contributed by atoms with van der Waals surface area (Å²) in [6.45, 7) is 1.94. The van der Waals surface area contributed by atoms with E-state index < -0.39 is 0 Å². The molecule has 0 atom stereocenters. The monoisotopic (exact) mass is 371 g/mol. The third-order valence-corrected chi connectivity index (χ3v) is 4.65. The van der Waals surface area contributed by atoms with E-state index in [4.69, 9.17) is 0 Å². The molecule has 1 saturated heterocycles. The largest absolute Gasteiger partial charge is 0.342 e. The minimum atomic E-state index is 0.309. The lowest BCUT2D eigenvalue weighted by molar-refractivity contribution is -0.129. The standard InChI is InChI=1S/C16H22INO/c17-13-16(19)18-11-9-15(10-12-18)8-4-7-14-5-2-1-3-6-14/h1-3,5-6,15H,4,7-13H2. The van der Waals surface area contributed by atoms with Crippen LogP contribution in [0.25, 0.3) is 0 Å². The van der Waals surface area contributed by atoms with Gasteiger partial charge in [-0.3, -0.25) is 4.79 Å². The van der Waals surface area contributed by atoms with Crippen molar-refractivity contribution in [2.75, 3.05) is 17.5 Å². The van der Waals surface area contributed by atoms with Gasteiger partial charge in [0.05, 0.1) is 4.43 Å². The van der Waals surface area contributed by atoms with Gasteiger partial charge in [-0.15, -0.1) is 0 Å². The van der Waals surface area contributed by atoms with Crippen molar-refractivity contribution in [1.82, 2.24) is 4.90 Å². The molecule has 0 saturated carbocycles. The molecule has 104 valence electrons. The molecule has 1 heterocycles. The Bertz CT molecular complexity index is 385. The van der Waals surface area contributed by atoms with Crippen LogP contribution in [0.15, 0.2) is 30.3 Å². The Morgan fingerprint density at radius 3 is 2.53 bits per heavy atom. The molecule has 3 heteroatoms. The van der Waals surface area contributed by atoms with E-state index in [9.17, 15) is 4.79 Å². The quantitative estimate of drug-likeness (QED) is 0.571. The summed E-state index contributed by atoms with van der Waals surface area (Å²) in [4.78, 5) is 13.6. The second-order valence-corrected chi connectivity index (χ2v) is 6.10. The van der Waals surface area contributed by atoms with Crippen LogP contribution in [0.5, 0.6) is 0 Å². The molecular formula is C16H22INO. The number of carbonyl (C=O) groups is 1. The molecule has 0 spiro atoms.